The number of halogens is 2. The number of nitrogens with zero attached hydrogens (tertiary/aromatic N) is 1. The number of hydrogen-bond acceptors (Lipinski definition) is 6. The van der Waals surface area contributed by atoms with Crippen LogP contribution in [0.4, 0.5) is 5.69 Å². The number of aryl methyl sites for hydroxylation is 1. The number of nitriles is 1. The lowest BCUT2D eigenvalue weighted by Gasteiger charge is -2.14. The van der Waals surface area contributed by atoms with Crippen molar-refractivity contribution in [1.82, 2.24) is 0 Å². The van der Waals surface area contributed by atoms with E-state index in [1.54, 1.807) is 12.1 Å². The van der Waals surface area contributed by atoms with Gasteiger partial charge < -0.3 is 14.2 Å². The van der Waals surface area contributed by atoms with Crippen molar-refractivity contribution in [3.63, 3.8) is 0 Å². The number of benzene rings is 3. The topological polar surface area (TPSA) is 105 Å². The molecule has 35 heavy (non-hydrogen) atoms. The normalized spacial score (nSPS) is 11.5. The maximum Gasteiger partial charge on any atom is 0.339 e. The number of carbonyl (C=O) groups excluding carboxylic acids is 1. The van der Waals surface area contributed by atoms with Crippen molar-refractivity contribution in [3.8, 4) is 17.6 Å². The van der Waals surface area contributed by atoms with Crippen molar-refractivity contribution in [2.24, 2.45) is 0 Å². The Bertz CT molecular complexity index is 1460. The Morgan fingerprint density at radius 2 is 1.83 bits per heavy atom. The summed E-state index contributed by atoms with van der Waals surface area (Å²) in [6, 6.07) is 16.0. The third-order valence-electron chi connectivity index (χ3n) is 5.08. The van der Waals surface area contributed by atoms with Crippen LogP contribution in [0.1, 0.15) is 16.7 Å². The third kappa shape index (κ3) is 6.33. The molecule has 0 heterocycles. The Balaban J connectivity index is 1.92. The number of nitrogens with one attached hydrogen (secondary N) is 1. The Morgan fingerprint density at radius 3 is 2.46 bits per heavy atom. The molecule has 0 saturated heterocycles. The minimum absolute atomic E-state index is 0.0152. The molecule has 0 saturated carbocycles. The first-order valence-electron chi connectivity index (χ1n) is 10.1. The summed E-state index contributed by atoms with van der Waals surface area (Å²) < 4.78 is 36.5. The van der Waals surface area contributed by atoms with Gasteiger partial charge in [-0.1, -0.05) is 23.7 Å². The lowest BCUT2D eigenvalue weighted by molar-refractivity contribution is -0.112. The highest BCUT2D eigenvalue weighted by molar-refractivity contribution is 14.1. The monoisotopic (exact) mass is 622 g/mol. The van der Waals surface area contributed by atoms with Crippen LogP contribution in [0.3, 0.4) is 0 Å². The van der Waals surface area contributed by atoms with Crippen LogP contribution >= 0.6 is 34.2 Å². The van der Waals surface area contributed by atoms with Gasteiger partial charge >= 0.3 is 10.1 Å². The maximum atomic E-state index is 12.7. The second kappa shape index (κ2) is 11.1. The first-order chi connectivity index (χ1) is 16.6. The van der Waals surface area contributed by atoms with E-state index in [1.807, 2.05) is 54.6 Å². The number of carbonyl (C=O) groups is 1. The van der Waals surface area contributed by atoms with Gasteiger partial charge in [-0.25, -0.2) is 0 Å². The van der Waals surface area contributed by atoms with Gasteiger partial charge in [0.15, 0.2) is 11.5 Å². The van der Waals surface area contributed by atoms with Crippen LogP contribution < -0.4 is 14.2 Å². The molecule has 3 rings (SSSR count). The van der Waals surface area contributed by atoms with E-state index in [4.69, 9.17) is 20.5 Å². The lowest BCUT2D eigenvalue weighted by atomic mass is 10.1. The molecule has 0 aliphatic heterocycles. The van der Waals surface area contributed by atoms with Crippen LogP contribution in [0.5, 0.6) is 11.5 Å². The highest BCUT2D eigenvalue weighted by atomic mass is 127. The fraction of sp³-hybridized carbons (Fsp3) is 0.120. The average Bonchev–Trinajstić information content (AvgIpc) is 2.82. The van der Waals surface area contributed by atoms with Crippen molar-refractivity contribution in [2.75, 3.05) is 12.4 Å². The number of amides is 1. The summed E-state index contributed by atoms with van der Waals surface area (Å²) in [5.41, 5.74) is 2.84. The fourth-order valence-corrected chi connectivity index (χ4v) is 5.02. The van der Waals surface area contributed by atoms with Gasteiger partial charge in [-0.15, -0.1) is 0 Å². The molecule has 10 heteroatoms. The Morgan fingerprint density at radius 1 is 1.14 bits per heavy atom. The summed E-state index contributed by atoms with van der Waals surface area (Å²) in [4.78, 5) is 12.7. The largest absolute Gasteiger partial charge is 0.493 e. The highest BCUT2D eigenvalue weighted by Gasteiger charge is 2.22. The van der Waals surface area contributed by atoms with Crippen molar-refractivity contribution < 1.29 is 22.1 Å². The van der Waals surface area contributed by atoms with Crippen LogP contribution in [0, 0.1) is 28.7 Å². The molecule has 0 spiro atoms. The predicted octanol–water partition coefficient (Wildman–Crippen LogP) is 5.88. The predicted molar refractivity (Wildman–Crippen MR) is 143 cm³/mol. The molecular weight excluding hydrogens is 603 g/mol. The SMILES string of the molecule is COc1cc(/C=C(\C#N)C(=O)Nc2cccc(C)c2C)cc(I)c1OS(=O)(=O)c1ccc(Cl)cc1. The molecule has 0 bridgehead atoms. The molecule has 0 unspecified atom stereocenters. The Kier molecular flexibility index (Phi) is 8.43. The number of hydrogen-bond donors (Lipinski definition) is 1. The summed E-state index contributed by atoms with van der Waals surface area (Å²) in [7, 11) is -2.80. The molecule has 3 aromatic carbocycles. The molecule has 1 amide bonds. The number of ether oxygens (including phenoxy) is 1. The van der Waals surface area contributed by atoms with Crippen molar-refractivity contribution >= 4 is 62.0 Å². The van der Waals surface area contributed by atoms with E-state index >= 15 is 0 Å². The Hall–Kier alpha value is -3.07. The molecule has 0 aromatic heterocycles. The van der Waals surface area contributed by atoms with E-state index in [0.29, 0.717) is 19.8 Å². The van der Waals surface area contributed by atoms with Crippen LogP contribution in [-0.4, -0.2) is 21.4 Å². The van der Waals surface area contributed by atoms with E-state index in [-0.39, 0.29) is 22.0 Å². The number of rotatable bonds is 7. The highest BCUT2D eigenvalue weighted by Crippen LogP contribution is 2.36. The summed E-state index contributed by atoms with van der Waals surface area (Å²) in [5, 5.41) is 12.7. The molecule has 0 radical (unpaired) electrons. The van der Waals surface area contributed by atoms with Crippen molar-refractivity contribution in [1.29, 1.82) is 5.26 Å². The van der Waals surface area contributed by atoms with Gasteiger partial charge in [0.05, 0.1) is 10.7 Å². The second-order valence-corrected chi connectivity index (χ2v) is 10.5. The van der Waals surface area contributed by atoms with Gasteiger partial charge in [0.2, 0.25) is 0 Å². The minimum Gasteiger partial charge on any atom is -0.493 e. The molecule has 1 N–H and O–H groups in total. The number of anilines is 1. The van der Waals surface area contributed by atoms with E-state index in [2.05, 4.69) is 5.32 Å². The van der Waals surface area contributed by atoms with Gasteiger partial charge in [-0.3, -0.25) is 4.79 Å². The summed E-state index contributed by atoms with van der Waals surface area (Å²) in [5.74, 6) is -0.465. The smallest absolute Gasteiger partial charge is 0.339 e. The molecule has 0 aliphatic carbocycles. The first-order valence-corrected chi connectivity index (χ1v) is 13.0. The van der Waals surface area contributed by atoms with E-state index < -0.39 is 16.0 Å². The average molecular weight is 623 g/mol. The maximum absolute atomic E-state index is 12.7. The zero-order valence-electron chi connectivity index (χ0n) is 18.9. The van der Waals surface area contributed by atoms with Crippen LogP contribution in [0.25, 0.3) is 6.08 Å². The zero-order valence-corrected chi connectivity index (χ0v) is 22.7. The zero-order chi connectivity index (χ0) is 25.8. The lowest BCUT2D eigenvalue weighted by Crippen LogP contribution is -2.14. The summed E-state index contributed by atoms with van der Waals surface area (Å²) in [6.45, 7) is 3.81. The quantitative estimate of drug-likeness (QED) is 0.153. The summed E-state index contributed by atoms with van der Waals surface area (Å²) in [6.07, 6.45) is 1.39. The molecule has 0 aliphatic rings. The molecule has 0 fully saturated rings. The molecule has 7 nitrogen and oxygen atoms in total. The van der Waals surface area contributed by atoms with Gasteiger partial charge in [0.25, 0.3) is 5.91 Å². The number of methoxy groups -OCH3 is 1. The van der Waals surface area contributed by atoms with Crippen molar-refractivity contribution in [3.05, 3.63) is 85.5 Å². The second-order valence-electron chi connectivity index (χ2n) is 7.40. The molecule has 0 atom stereocenters. The van der Waals surface area contributed by atoms with Crippen LogP contribution in [0.2, 0.25) is 5.02 Å². The first kappa shape index (κ1) is 26.5. The van der Waals surface area contributed by atoms with Gasteiger partial charge in [-0.05, 0) is 102 Å². The van der Waals surface area contributed by atoms with E-state index in [9.17, 15) is 18.5 Å². The third-order valence-corrected chi connectivity index (χ3v) is 7.36. The standard InChI is InChI=1S/C25H20ClIN2O5S/c1-15-5-4-6-22(16(15)2)29-25(30)18(14-28)11-17-12-21(27)24(23(13-17)33-3)34-35(31,32)20-9-7-19(26)8-10-20/h4-13H,1-3H3,(H,29,30)/b18-11+. The minimum atomic E-state index is -4.16. The van der Waals surface area contributed by atoms with Gasteiger partial charge in [-0.2, -0.15) is 13.7 Å². The van der Waals surface area contributed by atoms with Crippen LogP contribution in [-0.2, 0) is 14.9 Å². The van der Waals surface area contributed by atoms with E-state index in [0.717, 1.165) is 11.1 Å². The van der Waals surface area contributed by atoms with Crippen LogP contribution in [0.15, 0.2) is 65.1 Å². The van der Waals surface area contributed by atoms with Gasteiger partial charge in [0.1, 0.15) is 16.5 Å². The van der Waals surface area contributed by atoms with Crippen molar-refractivity contribution in [2.45, 2.75) is 18.7 Å². The Labute approximate surface area is 222 Å². The fourth-order valence-electron chi connectivity index (χ4n) is 3.05. The molecule has 3 aromatic rings. The molecule has 180 valence electrons. The molecular formula is C25H20ClIN2O5S. The van der Waals surface area contributed by atoms with E-state index in [1.165, 1.54) is 43.5 Å². The van der Waals surface area contributed by atoms with Gasteiger partial charge in [0, 0.05) is 10.7 Å². The summed E-state index contributed by atoms with van der Waals surface area (Å²) >= 11 is 7.73.